The van der Waals surface area contributed by atoms with Crippen LogP contribution in [-0.4, -0.2) is 76.0 Å². The Labute approximate surface area is 110 Å². The summed E-state index contributed by atoms with van der Waals surface area (Å²) in [7, 11) is 7.84. The van der Waals surface area contributed by atoms with E-state index >= 15 is 0 Å². The second kappa shape index (κ2) is 9.85. The lowest BCUT2D eigenvalue weighted by molar-refractivity contribution is -0.129. The number of carbonyl (C=O) groups excluding carboxylic acids is 2. The molecule has 0 aliphatic rings. The number of carbonyl (C=O) groups is 2. The zero-order valence-electron chi connectivity index (χ0n) is 12.0. The van der Waals surface area contributed by atoms with Crippen molar-refractivity contribution in [3.05, 3.63) is 0 Å². The van der Waals surface area contributed by atoms with Gasteiger partial charge in [0.15, 0.2) is 0 Å². The molecule has 0 fully saturated rings. The molecule has 0 saturated heterocycles. The van der Waals surface area contributed by atoms with Crippen molar-refractivity contribution in [3.8, 4) is 0 Å². The highest BCUT2D eigenvalue weighted by molar-refractivity contribution is 5.96. The van der Waals surface area contributed by atoms with E-state index in [0.29, 0.717) is 13.1 Å². The highest BCUT2D eigenvalue weighted by Crippen LogP contribution is 1.84. The first kappa shape index (κ1) is 16.9. The Balaban J connectivity index is 3.52. The quantitative estimate of drug-likeness (QED) is 0.416. The Hall–Kier alpha value is -1.14. The third-order valence-electron chi connectivity index (χ3n) is 2.31. The largest absolute Gasteiger partial charge is 0.356 e. The maximum absolute atomic E-state index is 11.4. The van der Waals surface area contributed by atoms with Crippen molar-refractivity contribution in [2.75, 3.05) is 54.4 Å². The molecule has 0 saturated carbocycles. The molecule has 0 aliphatic heterocycles. The van der Waals surface area contributed by atoms with E-state index in [1.165, 1.54) is 0 Å². The van der Waals surface area contributed by atoms with Crippen LogP contribution in [0.1, 0.15) is 12.8 Å². The molecule has 0 aromatic heterocycles. The van der Waals surface area contributed by atoms with E-state index in [2.05, 4.69) is 15.5 Å². The topological polar surface area (TPSA) is 64.7 Å². The molecule has 2 N–H and O–H groups in total. The van der Waals surface area contributed by atoms with Crippen molar-refractivity contribution in [1.29, 1.82) is 0 Å². The minimum Gasteiger partial charge on any atom is -0.356 e. The number of rotatable bonds is 9. The predicted molar refractivity (Wildman–Crippen MR) is 72.4 cm³/mol. The predicted octanol–water partition coefficient (Wildman–Crippen LogP) is -0.878. The van der Waals surface area contributed by atoms with Crippen LogP contribution < -0.4 is 10.6 Å². The van der Waals surface area contributed by atoms with Gasteiger partial charge in [0.2, 0.25) is 11.8 Å². The van der Waals surface area contributed by atoms with Gasteiger partial charge in [0.25, 0.3) is 0 Å². The third-order valence-corrected chi connectivity index (χ3v) is 2.31. The average molecular weight is 258 g/mol. The first-order valence-corrected chi connectivity index (χ1v) is 6.24. The van der Waals surface area contributed by atoms with Gasteiger partial charge in [-0.15, -0.1) is 0 Å². The smallest absolute Gasteiger partial charge is 0.229 e. The summed E-state index contributed by atoms with van der Waals surface area (Å²) in [6.45, 7) is 2.88. The van der Waals surface area contributed by atoms with Crippen LogP contribution in [-0.2, 0) is 9.59 Å². The standard InChI is InChI=1S/C12H26N4O2/c1-15(2)8-5-6-13-11(17)10-12(18)14-7-9-16(3)4/h5-10H2,1-4H3,(H,13,17)(H,14,18). The van der Waals surface area contributed by atoms with E-state index in [4.69, 9.17) is 0 Å². The van der Waals surface area contributed by atoms with Crippen molar-refractivity contribution >= 4 is 11.8 Å². The normalized spacial score (nSPS) is 10.8. The highest BCUT2D eigenvalue weighted by Gasteiger charge is 2.08. The Morgan fingerprint density at radius 1 is 0.833 bits per heavy atom. The van der Waals surface area contributed by atoms with Crippen molar-refractivity contribution in [2.24, 2.45) is 0 Å². The molecule has 106 valence electrons. The highest BCUT2D eigenvalue weighted by atomic mass is 16.2. The summed E-state index contributed by atoms with van der Waals surface area (Å²) in [5.74, 6) is -0.432. The maximum atomic E-state index is 11.4. The lowest BCUT2D eigenvalue weighted by Crippen LogP contribution is -2.36. The molecular formula is C12H26N4O2. The van der Waals surface area contributed by atoms with Crippen molar-refractivity contribution in [1.82, 2.24) is 20.4 Å². The van der Waals surface area contributed by atoms with E-state index in [0.717, 1.165) is 19.5 Å². The van der Waals surface area contributed by atoms with E-state index in [1.807, 2.05) is 33.1 Å². The van der Waals surface area contributed by atoms with E-state index in [1.54, 1.807) is 0 Å². The Morgan fingerprint density at radius 2 is 1.33 bits per heavy atom. The summed E-state index contributed by atoms with van der Waals surface area (Å²) in [5.41, 5.74) is 0. The zero-order valence-corrected chi connectivity index (χ0v) is 12.0. The van der Waals surface area contributed by atoms with Gasteiger partial charge in [-0.05, 0) is 41.2 Å². The number of hydrogen-bond donors (Lipinski definition) is 2. The molecule has 0 heterocycles. The molecule has 0 aromatic carbocycles. The van der Waals surface area contributed by atoms with E-state index < -0.39 is 0 Å². The van der Waals surface area contributed by atoms with Gasteiger partial charge in [-0.3, -0.25) is 9.59 Å². The monoisotopic (exact) mass is 258 g/mol. The summed E-state index contributed by atoms with van der Waals surface area (Å²) < 4.78 is 0. The molecular weight excluding hydrogens is 232 g/mol. The first-order chi connectivity index (χ1) is 8.41. The first-order valence-electron chi connectivity index (χ1n) is 6.24. The molecule has 0 radical (unpaired) electrons. The molecule has 0 aliphatic carbocycles. The molecule has 0 spiro atoms. The molecule has 0 atom stereocenters. The van der Waals surface area contributed by atoms with Crippen LogP contribution in [0.5, 0.6) is 0 Å². The van der Waals surface area contributed by atoms with Crippen LogP contribution in [0, 0.1) is 0 Å². The summed E-state index contributed by atoms with van der Waals surface area (Å²) in [6.07, 6.45) is 0.802. The number of amides is 2. The third kappa shape index (κ3) is 11.3. The van der Waals surface area contributed by atoms with Crippen LogP contribution in [0.25, 0.3) is 0 Å². The van der Waals surface area contributed by atoms with Crippen molar-refractivity contribution < 1.29 is 9.59 Å². The van der Waals surface area contributed by atoms with Crippen LogP contribution in [0.2, 0.25) is 0 Å². The van der Waals surface area contributed by atoms with Crippen LogP contribution in [0.15, 0.2) is 0 Å². The van der Waals surface area contributed by atoms with Gasteiger partial charge in [0, 0.05) is 19.6 Å². The SMILES string of the molecule is CN(C)CCCNC(=O)CC(=O)NCCN(C)C. The fourth-order valence-corrected chi connectivity index (χ4v) is 1.31. The fourth-order valence-electron chi connectivity index (χ4n) is 1.31. The fraction of sp³-hybridized carbons (Fsp3) is 0.833. The molecule has 0 unspecified atom stereocenters. The average Bonchev–Trinajstić information content (AvgIpc) is 2.23. The maximum Gasteiger partial charge on any atom is 0.229 e. The number of hydrogen-bond acceptors (Lipinski definition) is 4. The lowest BCUT2D eigenvalue weighted by atomic mass is 10.3. The molecule has 18 heavy (non-hydrogen) atoms. The summed E-state index contributed by atoms with van der Waals surface area (Å²) in [5, 5.41) is 5.44. The van der Waals surface area contributed by atoms with Crippen LogP contribution >= 0.6 is 0 Å². The van der Waals surface area contributed by atoms with Gasteiger partial charge >= 0.3 is 0 Å². The second-order valence-corrected chi connectivity index (χ2v) is 4.84. The van der Waals surface area contributed by atoms with E-state index in [9.17, 15) is 9.59 Å². The van der Waals surface area contributed by atoms with Gasteiger partial charge in [-0.25, -0.2) is 0 Å². The minimum atomic E-state index is -0.220. The summed E-state index contributed by atoms with van der Waals surface area (Å²) in [6, 6.07) is 0. The lowest BCUT2D eigenvalue weighted by Gasteiger charge is -2.11. The summed E-state index contributed by atoms with van der Waals surface area (Å²) >= 11 is 0. The molecule has 2 amide bonds. The molecule has 0 bridgehead atoms. The Bertz CT molecular complexity index is 254. The van der Waals surface area contributed by atoms with Crippen molar-refractivity contribution in [3.63, 3.8) is 0 Å². The number of likely N-dealkylation sites (N-methyl/N-ethyl adjacent to an activating group) is 1. The molecule has 0 aromatic rings. The van der Waals surface area contributed by atoms with Gasteiger partial charge in [-0.2, -0.15) is 0 Å². The minimum absolute atomic E-state index is 0.0879. The van der Waals surface area contributed by atoms with E-state index in [-0.39, 0.29) is 18.2 Å². The van der Waals surface area contributed by atoms with Crippen LogP contribution in [0.3, 0.4) is 0 Å². The van der Waals surface area contributed by atoms with Crippen molar-refractivity contribution in [2.45, 2.75) is 12.8 Å². The molecule has 6 nitrogen and oxygen atoms in total. The van der Waals surface area contributed by atoms with Gasteiger partial charge < -0.3 is 20.4 Å². The Kier molecular flexibility index (Phi) is 9.22. The zero-order chi connectivity index (χ0) is 14.0. The Morgan fingerprint density at radius 3 is 1.83 bits per heavy atom. The van der Waals surface area contributed by atoms with Gasteiger partial charge in [0.05, 0.1) is 0 Å². The van der Waals surface area contributed by atoms with Crippen LogP contribution in [0.4, 0.5) is 0 Å². The van der Waals surface area contributed by atoms with Gasteiger partial charge in [-0.1, -0.05) is 0 Å². The number of nitrogens with zero attached hydrogens (tertiary/aromatic N) is 2. The number of nitrogens with one attached hydrogen (secondary N) is 2. The molecule has 6 heteroatoms. The molecule has 0 rings (SSSR count). The van der Waals surface area contributed by atoms with Gasteiger partial charge in [0.1, 0.15) is 6.42 Å². The second-order valence-electron chi connectivity index (χ2n) is 4.84. The summed E-state index contributed by atoms with van der Waals surface area (Å²) in [4.78, 5) is 26.8.